The van der Waals surface area contributed by atoms with Gasteiger partial charge in [-0.1, -0.05) is 319 Å². The van der Waals surface area contributed by atoms with Crippen LogP contribution >= 0.6 is 0 Å². The molecule has 0 aliphatic carbocycles. The molecule has 5 nitrogen and oxygen atoms in total. The van der Waals surface area contributed by atoms with E-state index >= 15 is 0 Å². The van der Waals surface area contributed by atoms with E-state index in [0.29, 0.717) is 17.5 Å². The second kappa shape index (κ2) is 25.6. The molecule has 0 fully saturated rings. The zero-order chi connectivity index (χ0) is 77.3. The summed E-state index contributed by atoms with van der Waals surface area (Å²) in [5.74, 6) is 1.74. The Morgan fingerprint density at radius 3 is 0.802 bits per heavy atom. The Morgan fingerprint density at radius 2 is 0.514 bits per heavy atom. The monoisotopic (exact) mass is 1440 g/mol. The van der Waals surface area contributed by atoms with E-state index in [1.54, 1.807) is 0 Å². The average Bonchev–Trinajstić information content (AvgIpc) is 1.53. The number of nitrogens with zero attached hydrogens (tertiary/aromatic N) is 5. The zero-order valence-corrected chi connectivity index (χ0v) is 67.7. The first-order valence-electron chi connectivity index (χ1n) is 39.8. The Hall–Kier alpha value is -11.5. The van der Waals surface area contributed by atoms with Crippen molar-refractivity contribution in [2.75, 3.05) is 0 Å². The van der Waals surface area contributed by atoms with Gasteiger partial charge in [0.15, 0.2) is 17.5 Å². The van der Waals surface area contributed by atoms with Crippen LogP contribution in [0.5, 0.6) is 0 Å². The van der Waals surface area contributed by atoms with Crippen LogP contribution in [0.4, 0.5) is 0 Å². The van der Waals surface area contributed by atoms with Gasteiger partial charge in [-0.2, -0.15) is 0 Å². The van der Waals surface area contributed by atoms with Gasteiger partial charge in [-0.3, -0.25) is 0 Å². The van der Waals surface area contributed by atoms with Crippen LogP contribution in [0.25, 0.3) is 156 Å². The average molecular weight is 1440 g/mol. The Bertz CT molecular complexity index is 5900. The standard InChI is InChI=1S/C105H98BN5/c1-100(2,3)76-39-45-88-84(61-76)92-82(71-53-78(102(7,8)9)59-79(54-71)103(10,11)12)41-43-86-95(92)110(88)90-57-75(58-91-94(90)106(86)87-44-42-83(72-55-80(104(13,14)15)60-81(56-72)105(16,17)18)93-85-62-77(101(4,5)6)40-46-89(85)111(91)96(87)93)99-108-97(73-49-67(63-31-23-19-24-32-63)47-68(50-73)64-33-25-20-26-34-64)107-98(109-99)74-51-69(65-35-27-21-28-36-65)48-70(52-74)66-37-29-22-30-38-66/h19-62H,1-18H3. The van der Waals surface area contributed by atoms with Crippen molar-refractivity contribution in [1.29, 1.82) is 0 Å². The maximum absolute atomic E-state index is 5.93. The highest BCUT2D eigenvalue weighted by Gasteiger charge is 2.43. The van der Waals surface area contributed by atoms with Crippen molar-refractivity contribution in [3.05, 3.63) is 300 Å². The molecule has 111 heavy (non-hydrogen) atoms. The molecule has 0 amide bonds. The molecule has 13 aromatic carbocycles. The highest BCUT2D eigenvalue weighted by Crippen LogP contribution is 2.49. The lowest BCUT2D eigenvalue weighted by atomic mass is 9.34. The van der Waals surface area contributed by atoms with Crippen LogP contribution in [0, 0.1) is 0 Å². The van der Waals surface area contributed by atoms with Crippen molar-refractivity contribution in [1.82, 2.24) is 24.1 Å². The third kappa shape index (κ3) is 12.4. The van der Waals surface area contributed by atoms with E-state index in [9.17, 15) is 0 Å². The summed E-state index contributed by atoms with van der Waals surface area (Å²) < 4.78 is 5.32. The number of aromatic nitrogens is 5. The summed E-state index contributed by atoms with van der Waals surface area (Å²) in [5.41, 5.74) is 34.4. The quantitative estimate of drug-likeness (QED) is 0.135. The lowest BCUT2D eigenvalue weighted by Crippen LogP contribution is -2.59. The van der Waals surface area contributed by atoms with Gasteiger partial charge in [-0.25, -0.2) is 15.0 Å². The molecule has 0 radical (unpaired) electrons. The molecule has 2 aliphatic rings. The fourth-order valence-electron chi connectivity index (χ4n) is 17.4. The fraction of sp³-hybridized carbons (Fsp3) is 0.229. The van der Waals surface area contributed by atoms with Gasteiger partial charge in [-0.05, 0) is 222 Å². The van der Waals surface area contributed by atoms with Crippen molar-refractivity contribution >= 4 is 66.7 Å². The maximum Gasteiger partial charge on any atom is 0.252 e. The minimum atomic E-state index is -0.189. The van der Waals surface area contributed by atoms with Gasteiger partial charge in [0, 0.05) is 60.6 Å². The number of benzene rings is 13. The predicted molar refractivity (Wildman–Crippen MR) is 474 cm³/mol. The summed E-state index contributed by atoms with van der Waals surface area (Å²) in [4.78, 5) is 17.6. The molecule has 0 bridgehead atoms. The lowest BCUT2D eigenvalue weighted by Gasteiger charge is -2.34. The lowest BCUT2D eigenvalue weighted by molar-refractivity contribution is 0.568. The highest BCUT2D eigenvalue weighted by molar-refractivity contribution is 7.00. The summed E-state index contributed by atoms with van der Waals surface area (Å²) in [7, 11) is 0. The van der Waals surface area contributed by atoms with Gasteiger partial charge < -0.3 is 9.13 Å². The number of rotatable bonds is 9. The first-order valence-corrected chi connectivity index (χ1v) is 39.8. The second-order valence-corrected chi connectivity index (χ2v) is 37.8. The third-order valence-electron chi connectivity index (χ3n) is 23.8. The Morgan fingerprint density at radius 1 is 0.234 bits per heavy atom. The molecule has 18 rings (SSSR count). The minimum Gasteiger partial charge on any atom is -0.310 e. The number of fused-ring (bicyclic) bond motifs is 10. The largest absolute Gasteiger partial charge is 0.310 e. The topological polar surface area (TPSA) is 48.5 Å². The first kappa shape index (κ1) is 71.2. The van der Waals surface area contributed by atoms with E-state index in [-0.39, 0.29) is 39.2 Å². The van der Waals surface area contributed by atoms with Crippen LogP contribution in [0.15, 0.2) is 267 Å². The molecule has 0 N–H and O–H groups in total. The van der Waals surface area contributed by atoms with E-state index in [1.807, 2.05) is 0 Å². The second-order valence-electron chi connectivity index (χ2n) is 37.8. The summed E-state index contributed by atoms with van der Waals surface area (Å²) in [5, 5.41) is 5.02. The summed E-state index contributed by atoms with van der Waals surface area (Å²) in [6, 6.07) is 101. The molecule has 16 aromatic rings. The van der Waals surface area contributed by atoms with Gasteiger partial charge in [0.1, 0.15) is 0 Å². The van der Waals surface area contributed by atoms with Crippen LogP contribution < -0.4 is 16.4 Å². The van der Waals surface area contributed by atoms with E-state index < -0.39 is 0 Å². The van der Waals surface area contributed by atoms with Crippen LogP contribution in [-0.4, -0.2) is 30.8 Å². The highest BCUT2D eigenvalue weighted by atomic mass is 15.1. The van der Waals surface area contributed by atoms with Crippen molar-refractivity contribution in [2.45, 2.75) is 157 Å². The normalized spacial score (nSPS) is 13.1. The molecule has 0 atom stereocenters. The summed E-state index contributed by atoms with van der Waals surface area (Å²) in [6.07, 6.45) is 0. The number of hydrogen-bond donors (Lipinski definition) is 0. The van der Waals surface area contributed by atoms with Gasteiger partial charge in [-0.15, -0.1) is 0 Å². The fourth-order valence-corrected chi connectivity index (χ4v) is 17.4. The number of hydrogen-bond acceptors (Lipinski definition) is 3. The van der Waals surface area contributed by atoms with Crippen LogP contribution in [0.3, 0.4) is 0 Å². The molecule has 2 aliphatic heterocycles. The molecule has 0 spiro atoms. The van der Waals surface area contributed by atoms with E-state index in [1.165, 1.54) is 105 Å². The Kier molecular flexibility index (Phi) is 16.4. The first-order chi connectivity index (χ1) is 52.8. The van der Waals surface area contributed by atoms with Crippen molar-refractivity contribution in [3.63, 3.8) is 0 Å². The van der Waals surface area contributed by atoms with E-state index in [2.05, 4.69) is 401 Å². The molecular weight excluding hydrogens is 1340 g/mol. The molecular formula is C105H98BN5. The maximum atomic E-state index is 5.93. The SMILES string of the molecule is CC(C)(C)c1cc(-c2ccc3c4c2c2cc(C(C)(C)C)ccc2n4-c2cc(-c4nc(-c5cc(-c6ccccc6)cc(-c6ccccc6)c5)nc(-c5cc(-c6ccccc6)cc(-c6ccccc6)c5)n4)cc4c2B3c2ccc(-c3cc(C(C)(C)C)cc(C(C)(C)C)c3)c3c5cc(C(C)(C)C)ccc5n-4c23)cc(C(C)(C)C)c1. The van der Waals surface area contributed by atoms with Crippen LogP contribution in [-0.2, 0) is 32.5 Å². The van der Waals surface area contributed by atoms with Gasteiger partial charge in [0.05, 0.1) is 11.0 Å². The van der Waals surface area contributed by atoms with Gasteiger partial charge >= 0.3 is 0 Å². The van der Waals surface area contributed by atoms with E-state index in [4.69, 9.17) is 15.0 Å². The Labute approximate surface area is 656 Å². The van der Waals surface area contributed by atoms with Crippen molar-refractivity contribution in [2.24, 2.45) is 0 Å². The zero-order valence-electron chi connectivity index (χ0n) is 67.7. The van der Waals surface area contributed by atoms with Crippen molar-refractivity contribution in [3.8, 4) is 112 Å². The minimum absolute atomic E-state index is 0.105. The van der Waals surface area contributed by atoms with Crippen LogP contribution in [0.2, 0.25) is 0 Å². The van der Waals surface area contributed by atoms with Gasteiger partial charge in [0.25, 0.3) is 6.71 Å². The van der Waals surface area contributed by atoms with Crippen molar-refractivity contribution < 1.29 is 0 Å². The molecule has 546 valence electrons. The van der Waals surface area contributed by atoms with E-state index in [0.717, 1.165) is 83.6 Å². The van der Waals surface area contributed by atoms with Gasteiger partial charge in [0.2, 0.25) is 0 Å². The summed E-state index contributed by atoms with van der Waals surface area (Å²) in [6.45, 7) is 42.2. The van der Waals surface area contributed by atoms with Crippen LogP contribution in [0.1, 0.15) is 158 Å². The Balaban J connectivity index is 1.01. The molecule has 0 saturated heterocycles. The molecule has 0 saturated carbocycles. The molecule has 5 heterocycles. The molecule has 3 aromatic heterocycles. The predicted octanol–water partition coefficient (Wildman–Crippen LogP) is 26.0. The third-order valence-corrected chi connectivity index (χ3v) is 23.8. The summed E-state index contributed by atoms with van der Waals surface area (Å²) >= 11 is 0. The molecule has 0 unspecified atom stereocenters. The molecule has 6 heteroatoms. The smallest absolute Gasteiger partial charge is 0.252 e.